The molecule has 0 bridgehead atoms. The fraction of sp³-hybridized carbons (Fsp3) is 0.640. The molecule has 184 valence electrons. The van der Waals surface area contributed by atoms with Crippen molar-refractivity contribution < 1.29 is 28.6 Å². The van der Waals surface area contributed by atoms with Crippen molar-refractivity contribution in [2.24, 2.45) is 5.92 Å². The van der Waals surface area contributed by atoms with Gasteiger partial charge in [0.2, 0.25) is 0 Å². The quantitative estimate of drug-likeness (QED) is 0.504. The van der Waals surface area contributed by atoms with Crippen LogP contribution in [0, 0.1) is 5.92 Å². The van der Waals surface area contributed by atoms with Gasteiger partial charge in [0, 0.05) is 6.54 Å². The van der Waals surface area contributed by atoms with Crippen LogP contribution < -0.4 is 5.32 Å². The molecular weight excluding hydrogens is 424 g/mol. The van der Waals surface area contributed by atoms with Crippen LogP contribution in [0.2, 0.25) is 0 Å². The summed E-state index contributed by atoms with van der Waals surface area (Å²) in [6, 6.07) is 7.61. The number of nitrogens with one attached hydrogen (secondary N) is 1. The number of carbonyl (C=O) groups is 3. The Kier molecular flexibility index (Phi) is 8.89. The first-order valence-electron chi connectivity index (χ1n) is 11.5. The predicted octanol–water partition coefficient (Wildman–Crippen LogP) is 4.62. The number of benzene rings is 1. The zero-order chi connectivity index (χ0) is 24.8. The molecule has 8 nitrogen and oxygen atoms in total. The van der Waals surface area contributed by atoms with Gasteiger partial charge in [-0.1, -0.05) is 24.3 Å². The van der Waals surface area contributed by atoms with Gasteiger partial charge in [-0.05, 0) is 78.5 Å². The monoisotopic (exact) mass is 462 g/mol. The van der Waals surface area contributed by atoms with Gasteiger partial charge in [-0.2, -0.15) is 0 Å². The summed E-state index contributed by atoms with van der Waals surface area (Å²) < 4.78 is 16.2. The Labute approximate surface area is 196 Å². The van der Waals surface area contributed by atoms with Crippen molar-refractivity contribution in [2.45, 2.75) is 78.6 Å². The normalized spacial score (nSPS) is 18.9. The SMILES string of the molecule is CCOC(=O)C1CNCCC1c1cccc(CN(C(=O)OC(C)(C)C)C(=O)OC(C)(C)C)c1. The Morgan fingerprint density at radius 2 is 1.64 bits per heavy atom. The minimum atomic E-state index is -0.770. The highest BCUT2D eigenvalue weighted by Gasteiger charge is 2.34. The molecule has 0 saturated carbocycles. The molecule has 1 aliphatic heterocycles. The van der Waals surface area contributed by atoms with Crippen molar-refractivity contribution in [3.05, 3.63) is 35.4 Å². The van der Waals surface area contributed by atoms with Crippen LogP contribution in [0.3, 0.4) is 0 Å². The third-order valence-electron chi connectivity index (χ3n) is 5.02. The smallest absolute Gasteiger partial charge is 0.420 e. The van der Waals surface area contributed by atoms with Gasteiger partial charge >= 0.3 is 18.2 Å². The van der Waals surface area contributed by atoms with Gasteiger partial charge in [0.25, 0.3) is 0 Å². The molecule has 1 aromatic rings. The van der Waals surface area contributed by atoms with Crippen LogP contribution in [0.25, 0.3) is 0 Å². The second kappa shape index (κ2) is 11.0. The van der Waals surface area contributed by atoms with E-state index in [0.717, 1.165) is 29.0 Å². The highest BCUT2D eigenvalue weighted by Crippen LogP contribution is 2.32. The van der Waals surface area contributed by atoms with E-state index in [-0.39, 0.29) is 24.3 Å². The lowest BCUT2D eigenvalue weighted by Crippen LogP contribution is -2.43. The molecule has 1 N–H and O–H groups in total. The maximum Gasteiger partial charge on any atom is 0.420 e. The van der Waals surface area contributed by atoms with Crippen molar-refractivity contribution >= 4 is 18.2 Å². The Morgan fingerprint density at radius 3 is 2.18 bits per heavy atom. The number of hydrogen-bond acceptors (Lipinski definition) is 7. The first-order chi connectivity index (χ1) is 15.3. The van der Waals surface area contributed by atoms with Gasteiger partial charge in [-0.25, -0.2) is 14.5 Å². The second-order valence-corrected chi connectivity index (χ2v) is 10.2. The van der Waals surface area contributed by atoms with E-state index in [0.29, 0.717) is 13.2 Å². The molecule has 0 aliphatic carbocycles. The van der Waals surface area contributed by atoms with Crippen molar-refractivity contribution in [1.29, 1.82) is 0 Å². The highest BCUT2D eigenvalue weighted by atomic mass is 16.6. The van der Waals surface area contributed by atoms with Gasteiger partial charge in [0.05, 0.1) is 19.1 Å². The molecule has 2 rings (SSSR count). The lowest BCUT2D eigenvalue weighted by Gasteiger charge is -2.31. The van der Waals surface area contributed by atoms with E-state index in [2.05, 4.69) is 5.32 Å². The molecule has 1 fully saturated rings. The fourth-order valence-electron chi connectivity index (χ4n) is 3.70. The van der Waals surface area contributed by atoms with Crippen LogP contribution in [0.5, 0.6) is 0 Å². The fourth-order valence-corrected chi connectivity index (χ4v) is 3.70. The van der Waals surface area contributed by atoms with E-state index in [1.807, 2.05) is 24.3 Å². The Balaban J connectivity index is 2.29. The number of esters is 1. The highest BCUT2D eigenvalue weighted by molar-refractivity contribution is 5.88. The van der Waals surface area contributed by atoms with Gasteiger partial charge in [-0.3, -0.25) is 4.79 Å². The minimum absolute atomic E-state index is 0.00723. The van der Waals surface area contributed by atoms with Crippen LogP contribution >= 0.6 is 0 Å². The van der Waals surface area contributed by atoms with Gasteiger partial charge in [-0.15, -0.1) is 0 Å². The van der Waals surface area contributed by atoms with Crippen LogP contribution in [0.4, 0.5) is 9.59 Å². The van der Waals surface area contributed by atoms with Gasteiger partial charge in [0.1, 0.15) is 11.2 Å². The zero-order valence-electron chi connectivity index (χ0n) is 20.9. The lowest BCUT2D eigenvalue weighted by molar-refractivity contribution is -0.149. The molecule has 1 aromatic carbocycles. The molecule has 33 heavy (non-hydrogen) atoms. The molecule has 2 amide bonds. The summed E-state index contributed by atoms with van der Waals surface area (Å²) in [5, 5.41) is 3.26. The third kappa shape index (κ3) is 8.35. The molecule has 1 aliphatic rings. The summed E-state index contributed by atoms with van der Waals surface area (Å²) in [5.74, 6) is -0.521. The summed E-state index contributed by atoms with van der Waals surface area (Å²) in [6.45, 7) is 13.9. The average Bonchev–Trinajstić information content (AvgIpc) is 2.69. The van der Waals surface area contributed by atoms with Gasteiger partial charge in [0.15, 0.2) is 0 Å². The lowest BCUT2D eigenvalue weighted by atomic mass is 9.80. The van der Waals surface area contributed by atoms with E-state index in [4.69, 9.17) is 14.2 Å². The van der Waals surface area contributed by atoms with E-state index in [1.54, 1.807) is 48.5 Å². The van der Waals surface area contributed by atoms with Crippen molar-refractivity contribution in [3.8, 4) is 0 Å². The number of imide groups is 1. The second-order valence-electron chi connectivity index (χ2n) is 10.2. The standard InChI is InChI=1S/C25H38N2O6/c1-8-31-21(28)20-15-26-13-12-19(20)18-11-9-10-17(14-18)16-27(22(29)32-24(2,3)4)23(30)33-25(5,6)7/h9-11,14,19-20,26H,8,12-13,15-16H2,1-7H3. The molecule has 0 aromatic heterocycles. The molecule has 1 heterocycles. The molecule has 0 spiro atoms. The van der Waals surface area contributed by atoms with Gasteiger partial charge < -0.3 is 19.5 Å². The van der Waals surface area contributed by atoms with Crippen LogP contribution in [0.15, 0.2) is 24.3 Å². The number of carbonyl (C=O) groups excluding carboxylic acids is 3. The van der Waals surface area contributed by atoms with Crippen molar-refractivity contribution in [2.75, 3.05) is 19.7 Å². The predicted molar refractivity (Wildman–Crippen MR) is 125 cm³/mol. The van der Waals surface area contributed by atoms with E-state index in [9.17, 15) is 14.4 Å². The number of nitrogens with zero attached hydrogens (tertiary/aromatic N) is 1. The third-order valence-corrected chi connectivity index (χ3v) is 5.02. The van der Waals surface area contributed by atoms with Crippen molar-refractivity contribution in [1.82, 2.24) is 10.2 Å². The molecule has 2 atom stereocenters. The number of piperidine rings is 1. The van der Waals surface area contributed by atoms with Crippen LogP contribution in [0.1, 0.15) is 71.9 Å². The first kappa shape index (κ1) is 26.6. The number of ether oxygens (including phenoxy) is 3. The Hall–Kier alpha value is -2.61. The average molecular weight is 463 g/mol. The summed E-state index contributed by atoms with van der Waals surface area (Å²) in [7, 11) is 0. The molecule has 8 heteroatoms. The van der Waals surface area contributed by atoms with Crippen LogP contribution in [-0.2, 0) is 25.5 Å². The Bertz CT molecular complexity index is 812. The maximum atomic E-state index is 12.8. The Morgan fingerprint density at radius 1 is 1.03 bits per heavy atom. The molecule has 1 saturated heterocycles. The molecule has 2 unspecified atom stereocenters. The van der Waals surface area contributed by atoms with Crippen molar-refractivity contribution in [3.63, 3.8) is 0 Å². The van der Waals surface area contributed by atoms with E-state index in [1.165, 1.54) is 0 Å². The largest absolute Gasteiger partial charge is 0.466 e. The van der Waals surface area contributed by atoms with E-state index < -0.39 is 23.4 Å². The molecular formula is C25H38N2O6. The summed E-state index contributed by atoms with van der Waals surface area (Å²) in [5.41, 5.74) is 0.188. The number of amides is 2. The first-order valence-corrected chi connectivity index (χ1v) is 11.5. The minimum Gasteiger partial charge on any atom is -0.466 e. The number of rotatable bonds is 5. The summed E-state index contributed by atoms with van der Waals surface area (Å²) >= 11 is 0. The topological polar surface area (TPSA) is 94.2 Å². The molecule has 0 radical (unpaired) electrons. The van der Waals surface area contributed by atoms with E-state index >= 15 is 0 Å². The number of hydrogen-bond donors (Lipinski definition) is 1. The maximum absolute atomic E-state index is 12.8. The summed E-state index contributed by atoms with van der Waals surface area (Å²) in [4.78, 5) is 39.1. The zero-order valence-corrected chi connectivity index (χ0v) is 20.9. The van der Waals surface area contributed by atoms with Crippen LogP contribution in [-0.4, -0.2) is 54.0 Å². The summed E-state index contributed by atoms with van der Waals surface area (Å²) in [6.07, 6.45) is -0.753.